The molecule has 0 radical (unpaired) electrons. The Hall–Kier alpha value is -1.62. The molecule has 0 saturated carbocycles. The molecule has 0 bridgehead atoms. The third-order valence-electron chi connectivity index (χ3n) is 3.38. The van der Waals surface area contributed by atoms with Crippen LogP contribution < -0.4 is 20.1 Å². The zero-order valence-corrected chi connectivity index (χ0v) is 16.8. The summed E-state index contributed by atoms with van der Waals surface area (Å²) in [5, 5.41) is 6.18. The maximum Gasteiger partial charge on any atom is 0.192 e. The van der Waals surface area contributed by atoms with Crippen LogP contribution in [0.1, 0.15) is 26.3 Å². The molecule has 0 fully saturated rings. The van der Waals surface area contributed by atoms with Gasteiger partial charge in [0.25, 0.3) is 0 Å². The molecular formula is C18H26IN3O2. The van der Waals surface area contributed by atoms with E-state index in [-0.39, 0.29) is 29.6 Å². The van der Waals surface area contributed by atoms with E-state index >= 15 is 0 Å². The first-order valence-electron chi connectivity index (χ1n) is 7.95. The molecule has 6 heteroatoms. The number of guanidine groups is 1. The van der Waals surface area contributed by atoms with E-state index < -0.39 is 0 Å². The van der Waals surface area contributed by atoms with E-state index in [1.807, 2.05) is 19.1 Å². The van der Waals surface area contributed by atoms with Crippen molar-refractivity contribution in [3.8, 4) is 23.8 Å². The lowest BCUT2D eigenvalue weighted by molar-refractivity contribution is 0.132. The Kier molecular flexibility index (Phi) is 8.19. The number of aliphatic imine (C=N–C) groups is 1. The van der Waals surface area contributed by atoms with Crippen molar-refractivity contribution in [1.29, 1.82) is 0 Å². The van der Waals surface area contributed by atoms with Gasteiger partial charge in [-0.05, 0) is 26.8 Å². The molecule has 0 atom stereocenters. The van der Waals surface area contributed by atoms with E-state index in [1.165, 1.54) is 5.56 Å². The van der Waals surface area contributed by atoms with Crippen molar-refractivity contribution in [2.75, 3.05) is 26.2 Å². The van der Waals surface area contributed by atoms with Gasteiger partial charge in [0.2, 0.25) is 0 Å². The van der Waals surface area contributed by atoms with Gasteiger partial charge in [0.05, 0.1) is 13.1 Å². The number of terminal acetylenes is 1. The Bertz CT molecular complexity index is 609. The van der Waals surface area contributed by atoms with Crippen LogP contribution in [-0.2, 0) is 6.42 Å². The summed E-state index contributed by atoms with van der Waals surface area (Å²) >= 11 is 0. The molecule has 0 spiro atoms. The summed E-state index contributed by atoms with van der Waals surface area (Å²) in [4.78, 5) is 4.42. The molecule has 2 N–H and O–H groups in total. The van der Waals surface area contributed by atoms with E-state index in [9.17, 15) is 0 Å². The van der Waals surface area contributed by atoms with Crippen LogP contribution in [0.5, 0.6) is 11.5 Å². The fraction of sp³-hybridized carbons (Fsp3) is 0.500. The zero-order valence-electron chi connectivity index (χ0n) is 14.5. The first-order chi connectivity index (χ1) is 11.1. The minimum atomic E-state index is -0.169. The van der Waals surface area contributed by atoms with Crippen LogP contribution in [0, 0.1) is 12.3 Å². The molecule has 5 nitrogen and oxygen atoms in total. The van der Waals surface area contributed by atoms with Gasteiger partial charge in [0.1, 0.15) is 12.2 Å². The predicted molar refractivity (Wildman–Crippen MR) is 109 cm³/mol. The van der Waals surface area contributed by atoms with E-state index in [2.05, 4.69) is 41.5 Å². The van der Waals surface area contributed by atoms with E-state index in [1.54, 1.807) is 0 Å². The number of benzene rings is 1. The highest BCUT2D eigenvalue weighted by Gasteiger charge is 2.32. The van der Waals surface area contributed by atoms with Crippen LogP contribution in [0.2, 0.25) is 0 Å². The zero-order chi connectivity index (χ0) is 16.7. The molecule has 1 heterocycles. The molecule has 132 valence electrons. The van der Waals surface area contributed by atoms with Crippen molar-refractivity contribution < 1.29 is 9.47 Å². The number of fused-ring (bicyclic) bond motifs is 1. The molecule has 1 aliphatic rings. The lowest BCUT2D eigenvalue weighted by Crippen LogP contribution is -2.37. The van der Waals surface area contributed by atoms with Crippen molar-refractivity contribution in [2.24, 2.45) is 4.99 Å². The number of rotatable bonds is 6. The number of nitrogens with one attached hydrogen (secondary N) is 2. The predicted octanol–water partition coefficient (Wildman–Crippen LogP) is 2.59. The van der Waals surface area contributed by atoms with Crippen LogP contribution in [0.3, 0.4) is 0 Å². The van der Waals surface area contributed by atoms with Gasteiger partial charge >= 0.3 is 0 Å². The van der Waals surface area contributed by atoms with Crippen LogP contribution in [0.4, 0.5) is 0 Å². The fourth-order valence-electron chi connectivity index (χ4n) is 2.49. The van der Waals surface area contributed by atoms with E-state index in [0.29, 0.717) is 25.7 Å². The Morgan fingerprint density at radius 3 is 2.92 bits per heavy atom. The van der Waals surface area contributed by atoms with Gasteiger partial charge < -0.3 is 20.1 Å². The lowest BCUT2D eigenvalue weighted by atomic mass is 10.0. The van der Waals surface area contributed by atoms with E-state index in [0.717, 1.165) is 24.5 Å². The van der Waals surface area contributed by atoms with Crippen molar-refractivity contribution in [2.45, 2.75) is 32.8 Å². The van der Waals surface area contributed by atoms with Crippen LogP contribution in [0.15, 0.2) is 23.2 Å². The van der Waals surface area contributed by atoms with Crippen molar-refractivity contribution >= 4 is 29.9 Å². The van der Waals surface area contributed by atoms with Crippen molar-refractivity contribution in [1.82, 2.24) is 10.6 Å². The van der Waals surface area contributed by atoms with E-state index in [4.69, 9.17) is 15.9 Å². The molecule has 0 unspecified atom stereocenters. The highest BCUT2D eigenvalue weighted by molar-refractivity contribution is 14.0. The summed E-state index contributed by atoms with van der Waals surface area (Å²) in [5.74, 6) is 4.87. The normalized spacial score (nSPS) is 14.7. The molecule has 0 saturated heterocycles. The summed E-state index contributed by atoms with van der Waals surface area (Å²) in [6.45, 7) is 8.42. The lowest BCUT2D eigenvalue weighted by Gasteiger charge is -2.18. The van der Waals surface area contributed by atoms with Gasteiger partial charge in [0, 0.05) is 18.5 Å². The highest BCUT2D eigenvalue weighted by atomic mass is 127. The first kappa shape index (κ1) is 20.4. The van der Waals surface area contributed by atoms with Gasteiger partial charge in [-0.3, -0.25) is 0 Å². The van der Waals surface area contributed by atoms with Crippen LogP contribution in [-0.4, -0.2) is 37.8 Å². The Morgan fingerprint density at radius 1 is 1.42 bits per heavy atom. The van der Waals surface area contributed by atoms with Gasteiger partial charge in [-0.15, -0.1) is 30.4 Å². The minimum absolute atomic E-state index is 0. The summed E-state index contributed by atoms with van der Waals surface area (Å²) in [6, 6.07) is 6.02. The second-order valence-electron chi connectivity index (χ2n) is 5.95. The van der Waals surface area contributed by atoms with Gasteiger partial charge in [-0.2, -0.15) is 0 Å². The first-order valence-corrected chi connectivity index (χ1v) is 7.95. The van der Waals surface area contributed by atoms with Crippen molar-refractivity contribution in [3.05, 3.63) is 23.8 Å². The molecule has 0 aromatic heterocycles. The Labute approximate surface area is 161 Å². The molecule has 2 rings (SSSR count). The molecule has 0 amide bonds. The third kappa shape index (κ3) is 5.78. The van der Waals surface area contributed by atoms with Crippen LogP contribution in [0.25, 0.3) is 0 Å². The average Bonchev–Trinajstić information content (AvgIpc) is 2.83. The number of ether oxygens (including phenoxy) is 2. The SMILES string of the molecule is C#CCNC(=NCCOc1cccc2c1OC(C)(C)C2)NCC.I. The quantitative estimate of drug-likeness (QED) is 0.233. The Balaban J connectivity index is 0.00000288. The van der Waals surface area contributed by atoms with Gasteiger partial charge in [-0.25, -0.2) is 4.99 Å². The minimum Gasteiger partial charge on any atom is -0.488 e. The smallest absolute Gasteiger partial charge is 0.192 e. The van der Waals surface area contributed by atoms with Gasteiger partial charge in [-0.1, -0.05) is 18.1 Å². The largest absolute Gasteiger partial charge is 0.488 e. The topological polar surface area (TPSA) is 54.9 Å². The number of hydrogen-bond acceptors (Lipinski definition) is 3. The molecular weight excluding hydrogens is 417 g/mol. The maximum absolute atomic E-state index is 5.99. The van der Waals surface area contributed by atoms with Crippen LogP contribution >= 0.6 is 24.0 Å². The average molecular weight is 443 g/mol. The van der Waals surface area contributed by atoms with Crippen molar-refractivity contribution in [3.63, 3.8) is 0 Å². The number of hydrogen-bond donors (Lipinski definition) is 2. The second-order valence-corrected chi connectivity index (χ2v) is 5.95. The third-order valence-corrected chi connectivity index (χ3v) is 3.38. The monoisotopic (exact) mass is 443 g/mol. The molecule has 0 aliphatic carbocycles. The van der Waals surface area contributed by atoms with Gasteiger partial charge in [0.15, 0.2) is 17.5 Å². The Morgan fingerprint density at radius 2 is 2.21 bits per heavy atom. The standard InChI is InChI=1S/C18H25N3O2.HI/c1-5-10-20-17(19-6-2)21-11-12-22-15-9-7-8-14-13-18(3,4)23-16(14)15;/h1,7-9H,6,10-13H2,2-4H3,(H2,19,20,21);1H. The molecule has 1 aromatic carbocycles. The summed E-state index contributed by atoms with van der Waals surface area (Å²) in [5.41, 5.74) is 1.03. The summed E-state index contributed by atoms with van der Waals surface area (Å²) in [6.07, 6.45) is 6.14. The second kappa shape index (κ2) is 9.62. The number of halogens is 1. The fourth-order valence-corrected chi connectivity index (χ4v) is 2.49. The number of nitrogens with zero attached hydrogens (tertiary/aromatic N) is 1. The maximum atomic E-state index is 5.99. The summed E-state index contributed by atoms with van der Waals surface area (Å²) in [7, 11) is 0. The summed E-state index contributed by atoms with van der Waals surface area (Å²) < 4.78 is 11.8. The molecule has 24 heavy (non-hydrogen) atoms. The highest BCUT2D eigenvalue weighted by Crippen LogP contribution is 2.41. The molecule has 1 aromatic rings. The number of para-hydroxylation sites is 1. The molecule has 1 aliphatic heterocycles.